The maximum atomic E-state index is 12.2. The number of fused-ring (bicyclic) bond motifs is 1. The van der Waals surface area contributed by atoms with Gasteiger partial charge < -0.3 is 4.57 Å². The maximum Gasteiger partial charge on any atom is 0.269 e. The largest absolute Gasteiger partial charge is 0.321 e. The number of imidazole rings is 1. The summed E-state index contributed by atoms with van der Waals surface area (Å²) >= 11 is 0. The molecule has 104 valence electrons. The Morgan fingerprint density at radius 2 is 1.95 bits per heavy atom. The third kappa shape index (κ3) is 2.48. The Bertz CT molecular complexity index is 824. The summed E-state index contributed by atoms with van der Waals surface area (Å²) in [6, 6.07) is 9.16. The van der Waals surface area contributed by atoms with E-state index in [1.54, 1.807) is 23.2 Å². The van der Waals surface area contributed by atoms with Gasteiger partial charge in [0, 0.05) is 23.9 Å². The molecule has 0 radical (unpaired) electrons. The van der Waals surface area contributed by atoms with E-state index in [2.05, 4.69) is 9.97 Å². The van der Waals surface area contributed by atoms with Crippen LogP contribution in [0.4, 0.5) is 5.69 Å². The fraction of sp³-hybridized carbons (Fsp3) is 0.0714. The topological polar surface area (TPSA) is 90.9 Å². The molecule has 0 unspecified atom stereocenters. The van der Waals surface area contributed by atoms with Gasteiger partial charge in [0.2, 0.25) is 0 Å². The van der Waals surface area contributed by atoms with Gasteiger partial charge in [-0.15, -0.1) is 0 Å². The number of carbonyl (C=O) groups is 1. The summed E-state index contributed by atoms with van der Waals surface area (Å²) in [5, 5.41) is 10.6. The quantitative estimate of drug-likeness (QED) is 0.415. The smallest absolute Gasteiger partial charge is 0.269 e. The molecule has 0 N–H and O–H groups in total. The van der Waals surface area contributed by atoms with Crippen LogP contribution in [0.25, 0.3) is 11.2 Å². The van der Waals surface area contributed by atoms with Gasteiger partial charge in [-0.05, 0) is 24.3 Å². The van der Waals surface area contributed by atoms with Crippen LogP contribution in [0.15, 0.2) is 48.9 Å². The van der Waals surface area contributed by atoms with Gasteiger partial charge >= 0.3 is 0 Å². The number of Topliss-reactive ketones (excluding diaryl/α,β-unsaturated/α-hetero) is 1. The highest BCUT2D eigenvalue weighted by Gasteiger charge is 2.12. The Morgan fingerprint density at radius 1 is 1.19 bits per heavy atom. The number of non-ortho nitro benzene ring substituents is 1. The molecule has 0 amide bonds. The van der Waals surface area contributed by atoms with Gasteiger partial charge in [-0.2, -0.15) is 0 Å². The van der Waals surface area contributed by atoms with Gasteiger partial charge in [-0.1, -0.05) is 0 Å². The number of nitro benzene ring substituents is 1. The highest BCUT2D eigenvalue weighted by atomic mass is 16.6. The zero-order valence-electron chi connectivity index (χ0n) is 10.8. The standard InChI is InChI=1S/C14H10N4O3/c19-13(10-3-5-11(6-4-10)18(20)21)8-17-9-16-14-12(17)2-1-7-15-14/h1-7,9H,8H2. The lowest BCUT2D eigenvalue weighted by molar-refractivity contribution is -0.384. The van der Waals surface area contributed by atoms with E-state index in [0.717, 1.165) is 5.52 Å². The van der Waals surface area contributed by atoms with Gasteiger partial charge in [-0.3, -0.25) is 14.9 Å². The number of benzene rings is 1. The number of nitrogens with zero attached hydrogens (tertiary/aromatic N) is 4. The zero-order chi connectivity index (χ0) is 14.8. The van der Waals surface area contributed by atoms with E-state index in [9.17, 15) is 14.9 Å². The molecule has 0 aliphatic carbocycles. The number of hydrogen-bond acceptors (Lipinski definition) is 5. The van der Waals surface area contributed by atoms with Crippen LogP contribution in [0.5, 0.6) is 0 Å². The minimum atomic E-state index is -0.497. The van der Waals surface area contributed by atoms with Crippen molar-refractivity contribution in [3.63, 3.8) is 0 Å². The first-order valence-electron chi connectivity index (χ1n) is 6.18. The van der Waals surface area contributed by atoms with Gasteiger partial charge in [0.15, 0.2) is 11.4 Å². The fourth-order valence-corrected chi connectivity index (χ4v) is 2.04. The lowest BCUT2D eigenvalue weighted by Crippen LogP contribution is -2.09. The molecule has 0 aliphatic heterocycles. The van der Waals surface area contributed by atoms with Crippen molar-refractivity contribution in [1.29, 1.82) is 0 Å². The van der Waals surface area contributed by atoms with Crippen molar-refractivity contribution in [2.45, 2.75) is 6.54 Å². The number of hydrogen-bond donors (Lipinski definition) is 0. The van der Waals surface area contributed by atoms with Crippen molar-refractivity contribution in [2.75, 3.05) is 0 Å². The van der Waals surface area contributed by atoms with E-state index >= 15 is 0 Å². The summed E-state index contributed by atoms with van der Waals surface area (Å²) in [5.41, 5.74) is 1.73. The van der Waals surface area contributed by atoms with Gasteiger partial charge in [0.25, 0.3) is 5.69 Å². The monoisotopic (exact) mass is 282 g/mol. The summed E-state index contributed by atoms with van der Waals surface area (Å²) in [4.78, 5) is 30.5. The predicted octanol–water partition coefficient (Wildman–Crippen LogP) is 2.22. The van der Waals surface area contributed by atoms with Crippen molar-refractivity contribution >= 4 is 22.6 Å². The molecular weight excluding hydrogens is 272 g/mol. The van der Waals surface area contributed by atoms with Crippen molar-refractivity contribution in [3.8, 4) is 0 Å². The van der Waals surface area contributed by atoms with E-state index in [1.807, 2.05) is 6.07 Å². The van der Waals surface area contributed by atoms with Crippen molar-refractivity contribution in [3.05, 3.63) is 64.6 Å². The molecule has 7 heteroatoms. The van der Waals surface area contributed by atoms with Crippen LogP contribution in [-0.2, 0) is 6.54 Å². The van der Waals surface area contributed by atoms with E-state index in [1.165, 1.54) is 24.3 Å². The molecule has 0 bridgehead atoms. The summed E-state index contributed by atoms with van der Waals surface area (Å²) in [6.07, 6.45) is 3.19. The van der Waals surface area contributed by atoms with Crippen LogP contribution in [0.3, 0.4) is 0 Å². The SMILES string of the molecule is O=C(Cn1cnc2ncccc21)c1ccc([N+](=O)[O-])cc1. The molecule has 21 heavy (non-hydrogen) atoms. The average Bonchev–Trinajstić information content (AvgIpc) is 2.91. The maximum absolute atomic E-state index is 12.2. The fourth-order valence-electron chi connectivity index (χ4n) is 2.04. The van der Waals surface area contributed by atoms with E-state index < -0.39 is 4.92 Å². The lowest BCUT2D eigenvalue weighted by Gasteiger charge is -2.03. The van der Waals surface area contributed by atoms with E-state index in [0.29, 0.717) is 11.2 Å². The van der Waals surface area contributed by atoms with E-state index in [4.69, 9.17) is 0 Å². The Hall–Kier alpha value is -3.09. The third-order valence-electron chi connectivity index (χ3n) is 3.11. The first-order valence-corrected chi connectivity index (χ1v) is 6.18. The van der Waals surface area contributed by atoms with Crippen molar-refractivity contribution in [1.82, 2.24) is 14.5 Å². The first kappa shape index (κ1) is 12.9. The number of aromatic nitrogens is 3. The number of rotatable bonds is 4. The molecule has 2 heterocycles. The number of ketones is 1. The van der Waals surface area contributed by atoms with Crippen LogP contribution < -0.4 is 0 Å². The summed E-state index contributed by atoms with van der Waals surface area (Å²) in [6.45, 7) is 0.111. The molecule has 0 spiro atoms. The molecule has 0 saturated carbocycles. The molecule has 2 aromatic heterocycles. The molecular formula is C14H10N4O3. The molecule has 1 aromatic carbocycles. The van der Waals surface area contributed by atoms with Gasteiger partial charge in [-0.25, -0.2) is 9.97 Å². The molecule has 3 aromatic rings. The van der Waals surface area contributed by atoms with Gasteiger partial charge in [0.1, 0.15) is 0 Å². The third-order valence-corrected chi connectivity index (χ3v) is 3.11. The molecule has 3 rings (SSSR count). The van der Waals surface area contributed by atoms with Crippen LogP contribution in [0.2, 0.25) is 0 Å². The van der Waals surface area contributed by atoms with Crippen LogP contribution in [-0.4, -0.2) is 25.2 Å². The number of carbonyl (C=O) groups excluding carboxylic acids is 1. The molecule has 0 fully saturated rings. The Kier molecular flexibility index (Phi) is 3.15. The van der Waals surface area contributed by atoms with Crippen molar-refractivity contribution < 1.29 is 9.72 Å². The summed E-state index contributed by atoms with van der Waals surface area (Å²) in [7, 11) is 0. The second-order valence-electron chi connectivity index (χ2n) is 4.45. The predicted molar refractivity (Wildman–Crippen MR) is 75.0 cm³/mol. The molecule has 0 atom stereocenters. The average molecular weight is 282 g/mol. The second kappa shape index (κ2) is 5.12. The van der Waals surface area contributed by atoms with Crippen LogP contribution in [0.1, 0.15) is 10.4 Å². The summed E-state index contributed by atoms with van der Waals surface area (Å²) < 4.78 is 1.70. The molecule has 0 aliphatic rings. The lowest BCUT2D eigenvalue weighted by atomic mass is 10.1. The minimum Gasteiger partial charge on any atom is -0.321 e. The molecule has 7 nitrogen and oxygen atoms in total. The van der Waals surface area contributed by atoms with Crippen LogP contribution in [0, 0.1) is 10.1 Å². The highest BCUT2D eigenvalue weighted by molar-refractivity contribution is 5.96. The molecule has 0 saturated heterocycles. The highest BCUT2D eigenvalue weighted by Crippen LogP contribution is 2.14. The number of nitro groups is 1. The zero-order valence-corrected chi connectivity index (χ0v) is 10.8. The number of pyridine rings is 1. The van der Waals surface area contributed by atoms with Gasteiger partial charge in [0.05, 0.1) is 23.3 Å². The normalized spacial score (nSPS) is 10.7. The second-order valence-corrected chi connectivity index (χ2v) is 4.45. The first-order chi connectivity index (χ1) is 10.1. The minimum absolute atomic E-state index is 0.0381. The van der Waals surface area contributed by atoms with Crippen molar-refractivity contribution in [2.24, 2.45) is 0 Å². The summed E-state index contributed by atoms with van der Waals surface area (Å²) in [5.74, 6) is -0.145. The van der Waals surface area contributed by atoms with Crippen LogP contribution >= 0.6 is 0 Å². The Morgan fingerprint density at radius 3 is 2.67 bits per heavy atom. The van der Waals surface area contributed by atoms with E-state index in [-0.39, 0.29) is 18.0 Å². The Balaban J connectivity index is 1.84. The Labute approximate surface area is 119 Å².